The van der Waals surface area contributed by atoms with Crippen LogP contribution in [0.2, 0.25) is 0 Å². The highest BCUT2D eigenvalue weighted by Gasteiger charge is 2.42. The predicted molar refractivity (Wildman–Crippen MR) is 74.4 cm³/mol. The summed E-state index contributed by atoms with van der Waals surface area (Å²) in [5.41, 5.74) is -4.34. The van der Waals surface area contributed by atoms with Crippen molar-refractivity contribution in [3.63, 3.8) is 0 Å². The van der Waals surface area contributed by atoms with E-state index in [1.807, 2.05) is 0 Å². The van der Waals surface area contributed by atoms with Crippen LogP contribution in [0.25, 0.3) is 0 Å². The fraction of sp³-hybridized carbons (Fsp3) is 0.231. The molecule has 4 nitrogen and oxygen atoms in total. The van der Waals surface area contributed by atoms with Gasteiger partial charge in [0, 0.05) is 19.2 Å². The third-order valence-electron chi connectivity index (χ3n) is 2.98. The van der Waals surface area contributed by atoms with Crippen LogP contribution in [0.3, 0.4) is 0 Å². The van der Waals surface area contributed by atoms with Crippen molar-refractivity contribution in [3.05, 3.63) is 45.7 Å². The van der Waals surface area contributed by atoms with Crippen LogP contribution in [0, 0.1) is 23.3 Å². The molecule has 0 unspecified atom stereocenters. The number of hydrogen-bond donors (Lipinski definition) is 1. The molecular weight excluding hydrogens is 427 g/mol. The molecule has 1 aromatic carbocycles. The van der Waals surface area contributed by atoms with E-state index in [9.17, 15) is 35.5 Å². The van der Waals surface area contributed by atoms with Crippen molar-refractivity contribution in [2.24, 2.45) is 0 Å². The van der Waals surface area contributed by atoms with E-state index in [1.165, 1.54) is 22.4 Å². The van der Waals surface area contributed by atoms with Gasteiger partial charge in [0.15, 0.2) is 23.3 Å². The molecule has 12 heteroatoms. The average Bonchev–Trinajstić information content (AvgIpc) is 2.92. The normalized spacial score (nSPS) is 11.7. The predicted octanol–water partition coefficient (Wildman–Crippen LogP) is 4.25. The molecule has 0 aliphatic carbocycles. The molecule has 2 aromatic rings. The topological polar surface area (TPSA) is 46.9 Å². The fourth-order valence-electron chi connectivity index (χ4n) is 1.87. The molecule has 0 radical (unpaired) electrons. The van der Waals surface area contributed by atoms with E-state index in [4.69, 9.17) is 0 Å². The van der Waals surface area contributed by atoms with Crippen molar-refractivity contribution in [3.8, 4) is 0 Å². The number of halogens is 8. The zero-order valence-electron chi connectivity index (χ0n) is 11.9. The number of anilines is 1. The number of aryl methyl sites for hydroxylation is 1. The van der Waals surface area contributed by atoms with Gasteiger partial charge in [0.25, 0.3) is 0 Å². The van der Waals surface area contributed by atoms with Crippen molar-refractivity contribution < 1.29 is 35.5 Å². The summed E-state index contributed by atoms with van der Waals surface area (Å²) >= 11 is 3.09. The Morgan fingerprint density at radius 3 is 2.12 bits per heavy atom. The van der Waals surface area contributed by atoms with Crippen molar-refractivity contribution >= 4 is 27.5 Å². The number of amides is 1. The molecule has 0 spiro atoms. The Hall–Kier alpha value is -2.11. The Kier molecular flexibility index (Phi) is 5.40. The van der Waals surface area contributed by atoms with Gasteiger partial charge in [-0.1, -0.05) is 0 Å². The minimum atomic E-state index is -5.65. The van der Waals surface area contributed by atoms with Crippen molar-refractivity contribution in [1.29, 1.82) is 0 Å². The molecule has 1 amide bonds. The molecule has 1 aromatic heterocycles. The summed E-state index contributed by atoms with van der Waals surface area (Å²) in [5.74, 6) is -11.1. The molecule has 0 bridgehead atoms. The lowest BCUT2D eigenvalue weighted by Crippen LogP contribution is -2.21. The van der Waals surface area contributed by atoms with E-state index in [1.54, 1.807) is 0 Å². The monoisotopic (exact) mass is 433 g/mol. The van der Waals surface area contributed by atoms with Gasteiger partial charge in [-0.25, -0.2) is 17.6 Å². The number of nitrogens with zero attached hydrogens (tertiary/aromatic N) is 2. The minimum absolute atomic E-state index is 0.0493. The number of alkyl halides is 3. The Morgan fingerprint density at radius 1 is 1.12 bits per heavy atom. The maximum absolute atomic E-state index is 13.6. The van der Waals surface area contributed by atoms with Crippen molar-refractivity contribution in [1.82, 2.24) is 9.78 Å². The van der Waals surface area contributed by atoms with Gasteiger partial charge in [0.1, 0.15) is 11.3 Å². The number of carbonyl (C=O) groups is 1. The lowest BCUT2D eigenvalue weighted by molar-refractivity contribution is -0.143. The number of aromatic nitrogens is 2. The molecule has 1 N–H and O–H groups in total. The Balaban J connectivity index is 2.23. The second kappa shape index (κ2) is 7.02. The second-order valence-corrected chi connectivity index (χ2v) is 5.64. The summed E-state index contributed by atoms with van der Waals surface area (Å²) in [4.78, 5) is 11.6. The van der Waals surface area contributed by atoms with Crippen LogP contribution in [0.4, 0.5) is 36.4 Å². The van der Waals surface area contributed by atoms with Crippen LogP contribution >= 0.6 is 15.9 Å². The molecule has 0 aliphatic rings. The van der Waals surface area contributed by atoms with Gasteiger partial charge < -0.3 is 5.32 Å². The molecule has 0 aliphatic heterocycles. The smallest absolute Gasteiger partial charge is 0.321 e. The van der Waals surface area contributed by atoms with Crippen LogP contribution in [0.5, 0.6) is 0 Å². The van der Waals surface area contributed by atoms with E-state index in [0.29, 0.717) is 4.47 Å². The summed E-state index contributed by atoms with van der Waals surface area (Å²) in [5, 5.41) is 5.32. The maximum Gasteiger partial charge on any atom is 0.422 e. The quantitative estimate of drug-likeness (QED) is 0.578. The molecule has 0 fully saturated rings. The highest BCUT2D eigenvalue weighted by molar-refractivity contribution is 9.10. The first-order valence-electron chi connectivity index (χ1n) is 6.43. The van der Waals surface area contributed by atoms with Crippen LogP contribution in [-0.4, -0.2) is 15.7 Å². The number of benzene rings is 1. The van der Waals surface area contributed by atoms with Gasteiger partial charge in [-0.15, -0.1) is 0 Å². The van der Waals surface area contributed by atoms with Gasteiger partial charge in [-0.3, -0.25) is 9.48 Å². The van der Waals surface area contributed by atoms with Crippen molar-refractivity contribution in [2.45, 2.75) is 19.1 Å². The number of carbonyl (C=O) groups excluding carboxylic acids is 1. The average molecular weight is 434 g/mol. The summed E-state index contributed by atoms with van der Waals surface area (Å²) in [6.45, 7) is -0.0493. The third kappa shape index (κ3) is 4.11. The van der Waals surface area contributed by atoms with Crippen LogP contribution in [0.15, 0.2) is 16.9 Å². The maximum atomic E-state index is 13.6. The van der Waals surface area contributed by atoms with E-state index in [2.05, 4.69) is 21.0 Å². The number of nitrogens with one attached hydrogen (secondary N) is 1. The van der Waals surface area contributed by atoms with E-state index in [0.717, 1.165) is 0 Å². The molecule has 0 saturated heterocycles. The SMILES string of the molecule is O=C(CCn1cc(Br)cn1)Nc1c(F)c(F)c(C(F)(F)F)c(F)c1F. The summed E-state index contributed by atoms with van der Waals surface area (Å²) in [7, 11) is 0. The Morgan fingerprint density at radius 2 is 1.68 bits per heavy atom. The van der Waals surface area contributed by atoms with Crippen LogP contribution in [-0.2, 0) is 17.5 Å². The van der Waals surface area contributed by atoms with Crippen LogP contribution in [0.1, 0.15) is 12.0 Å². The van der Waals surface area contributed by atoms with Gasteiger partial charge >= 0.3 is 6.18 Å². The molecule has 136 valence electrons. The minimum Gasteiger partial charge on any atom is -0.321 e. The molecular formula is C13H7BrF7N3O. The van der Waals surface area contributed by atoms with E-state index >= 15 is 0 Å². The third-order valence-corrected chi connectivity index (χ3v) is 3.39. The molecule has 0 saturated carbocycles. The molecule has 1 heterocycles. The summed E-state index contributed by atoms with van der Waals surface area (Å²) in [6, 6.07) is 0. The zero-order chi connectivity index (χ0) is 18.9. The largest absolute Gasteiger partial charge is 0.422 e. The highest BCUT2D eigenvalue weighted by Crippen LogP contribution is 2.38. The molecule has 2 rings (SSSR count). The van der Waals surface area contributed by atoms with Gasteiger partial charge in [-0.2, -0.15) is 18.3 Å². The lowest BCUT2D eigenvalue weighted by Gasteiger charge is -2.14. The lowest BCUT2D eigenvalue weighted by atomic mass is 10.1. The van der Waals surface area contributed by atoms with E-state index < -0.39 is 53.0 Å². The highest BCUT2D eigenvalue weighted by atomic mass is 79.9. The van der Waals surface area contributed by atoms with Gasteiger partial charge in [0.05, 0.1) is 10.7 Å². The number of rotatable bonds is 4. The zero-order valence-corrected chi connectivity index (χ0v) is 13.5. The van der Waals surface area contributed by atoms with E-state index in [-0.39, 0.29) is 6.54 Å². The standard InChI is InChI=1S/C13H7BrF7N3O/c14-5-3-22-24(4-5)2-1-6(25)23-12-10(17)8(15)7(13(19,20)21)9(16)11(12)18/h3-4H,1-2H2,(H,23,25). The molecule has 25 heavy (non-hydrogen) atoms. The summed E-state index contributed by atoms with van der Waals surface area (Å²) < 4.78 is 93.4. The number of hydrogen-bond acceptors (Lipinski definition) is 2. The Labute approximate surface area is 143 Å². The van der Waals surface area contributed by atoms with Gasteiger partial charge in [0.2, 0.25) is 5.91 Å². The fourth-order valence-corrected chi connectivity index (χ4v) is 2.20. The van der Waals surface area contributed by atoms with Gasteiger partial charge in [-0.05, 0) is 15.9 Å². The molecule has 0 atom stereocenters. The second-order valence-electron chi connectivity index (χ2n) is 4.72. The van der Waals surface area contributed by atoms with Crippen molar-refractivity contribution in [2.75, 3.05) is 5.32 Å². The first kappa shape index (κ1) is 19.2. The first-order chi connectivity index (χ1) is 11.5. The first-order valence-corrected chi connectivity index (χ1v) is 7.22. The Bertz CT molecular complexity index is 790. The summed E-state index contributed by atoms with van der Waals surface area (Å²) in [6.07, 6.45) is -3.17. The van der Waals surface area contributed by atoms with Crippen LogP contribution < -0.4 is 5.32 Å².